The molecule has 0 saturated carbocycles. The first-order valence-corrected chi connectivity index (χ1v) is 6.22. The van der Waals surface area contributed by atoms with Crippen LogP contribution in [0.15, 0.2) is 30.3 Å². The fraction of sp³-hybridized carbons (Fsp3) is 0.462. The van der Waals surface area contributed by atoms with Crippen LogP contribution in [0.3, 0.4) is 0 Å². The Balaban J connectivity index is 2.73. The van der Waals surface area contributed by atoms with Gasteiger partial charge in [0.2, 0.25) is 0 Å². The maximum absolute atomic E-state index is 11.2. The highest BCUT2D eigenvalue weighted by Gasteiger charge is 2.36. The molecule has 0 heterocycles. The number of carbonyl (C=O) groups is 1. The van der Waals surface area contributed by atoms with Gasteiger partial charge >= 0.3 is 5.97 Å². The van der Waals surface area contributed by atoms with E-state index in [-0.39, 0.29) is 6.42 Å². The lowest BCUT2D eigenvalue weighted by atomic mass is 9.88. The number of halogens is 1. The van der Waals surface area contributed by atoms with Gasteiger partial charge in [-0.3, -0.25) is 0 Å². The third-order valence-electron chi connectivity index (χ3n) is 2.78. The average molecular weight is 257 g/mol. The molecular formula is C13H17ClO3. The van der Waals surface area contributed by atoms with Crippen molar-refractivity contribution in [2.24, 2.45) is 0 Å². The Bertz CT molecular complexity index is 353. The number of carboxylic acids is 1. The zero-order valence-corrected chi connectivity index (χ0v) is 10.4. The van der Waals surface area contributed by atoms with Crippen LogP contribution in [0.5, 0.6) is 0 Å². The summed E-state index contributed by atoms with van der Waals surface area (Å²) >= 11 is 5.55. The molecule has 94 valence electrons. The molecule has 0 unspecified atom stereocenters. The summed E-state index contributed by atoms with van der Waals surface area (Å²) in [5.41, 5.74) is -1.36. The molecule has 0 fully saturated rings. The van der Waals surface area contributed by atoms with Crippen LogP contribution in [-0.4, -0.2) is 22.1 Å². The van der Waals surface area contributed by atoms with Crippen molar-refractivity contribution in [3.05, 3.63) is 35.9 Å². The second-order valence-corrected chi connectivity index (χ2v) is 4.41. The number of hydrogen-bond donors (Lipinski definition) is 2. The van der Waals surface area contributed by atoms with Crippen LogP contribution in [0.2, 0.25) is 0 Å². The molecule has 0 amide bonds. The van der Waals surface area contributed by atoms with Crippen LogP contribution in [0.4, 0.5) is 0 Å². The van der Waals surface area contributed by atoms with Gasteiger partial charge in [-0.25, -0.2) is 4.79 Å². The molecule has 0 aliphatic rings. The summed E-state index contributed by atoms with van der Waals surface area (Å²) in [5.74, 6) is -0.633. The largest absolute Gasteiger partial charge is 0.479 e. The fourth-order valence-electron chi connectivity index (χ4n) is 1.74. The Hall–Kier alpha value is -1.06. The van der Waals surface area contributed by atoms with Crippen molar-refractivity contribution < 1.29 is 15.0 Å². The lowest BCUT2D eigenvalue weighted by Crippen LogP contribution is -2.35. The van der Waals surface area contributed by atoms with Crippen LogP contribution >= 0.6 is 11.6 Å². The summed E-state index contributed by atoms with van der Waals surface area (Å²) in [4.78, 5) is 11.2. The number of rotatable bonds is 7. The van der Waals surface area contributed by atoms with Crippen molar-refractivity contribution in [3.8, 4) is 0 Å². The van der Waals surface area contributed by atoms with Crippen molar-refractivity contribution in [1.29, 1.82) is 0 Å². The normalized spacial score (nSPS) is 14.2. The van der Waals surface area contributed by atoms with E-state index in [0.29, 0.717) is 17.9 Å². The molecule has 0 aliphatic heterocycles. The van der Waals surface area contributed by atoms with Crippen molar-refractivity contribution in [2.75, 3.05) is 5.88 Å². The highest BCUT2D eigenvalue weighted by atomic mass is 35.5. The molecule has 17 heavy (non-hydrogen) atoms. The minimum absolute atomic E-state index is 0.212. The molecule has 4 heteroatoms. The molecule has 0 saturated heterocycles. The van der Waals surface area contributed by atoms with Gasteiger partial charge in [-0.1, -0.05) is 36.8 Å². The predicted molar refractivity (Wildman–Crippen MR) is 67.2 cm³/mol. The second kappa shape index (κ2) is 6.62. The maximum atomic E-state index is 11.2. The van der Waals surface area contributed by atoms with Gasteiger partial charge < -0.3 is 10.2 Å². The monoisotopic (exact) mass is 256 g/mol. The van der Waals surface area contributed by atoms with E-state index in [1.165, 1.54) is 0 Å². The third-order valence-corrected chi connectivity index (χ3v) is 3.04. The van der Waals surface area contributed by atoms with Crippen LogP contribution < -0.4 is 0 Å². The van der Waals surface area contributed by atoms with Crippen molar-refractivity contribution in [1.82, 2.24) is 0 Å². The number of carboxylic acid groups (broad SMARTS) is 1. The fourth-order valence-corrected chi connectivity index (χ4v) is 1.93. The molecule has 0 spiro atoms. The van der Waals surface area contributed by atoms with Crippen LogP contribution in [0, 0.1) is 0 Å². The molecule has 0 aromatic heterocycles. The Labute approximate surface area is 106 Å². The van der Waals surface area contributed by atoms with Gasteiger partial charge in [0, 0.05) is 5.88 Å². The van der Waals surface area contributed by atoms with E-state index in [2.05, 4.69) is 0 Å². The highest BCUT2D eigenvalue weighted by molar-refractivity contribution is 6.17. The summed E-state index contributed by atoms with van der Waals surface area (Å²) in [6, 6.07) is 8.51. The zero-order chi connectivity index (χ0) is 12.7. The molecular weight excluding hydrogens is 240 g/mol. The first-order valence-electron chi connectivity index (χ1n) is 5.68. The van der Waals surface area contributed by atoms with Crippen molar-refractivity contribution >= 4 is 17.6 Å². The van der Waals surface area contributed by atoms with Crippen molar-refractivity contribution in [2.45, 2.75) is 31.3 Å². The van der Waals surface area contributed by atoms with E-state index in [1.807, 2.05) is 0 Å². The predicted octanol–water partition coefficient (Wildman–Crippen LogP) is 2.76. The molecule has 1 aromatic carbocycles. The quantitative estimate of drug-likeness (QED) is 0.583. The highest BCUT2D eigenvalue weighted by Crippen LogP contribution is 2.27. The molecule has 3 nitrogen and oxygen atoms in total. The Morgan fingerprint density at radius 3 is 2.35 bits per heavy atom. The van der Waals surface area contributed by atoms with Gasteiger partial charge in [-0.2, -0.15) is 0 Å². The number of aliphatic carboxylic acids is 1. The van der Waals surface area contributed by atoms with E-state index >= 15 is 0 Å². The van der Waals surface area contributed by atoms with Crippen LogP contribution in [-0.2, 0) is 10.4 Å². The number of hydrogen-bond acceptors (Lipinski definition) is 2. The van der Waals surface area contributed by atoms with Crippen LogP contribution in [0.25, 0.3) is 0 Å². The van der Waals surface area contributed by atoms with E-state index in [9.17, 15) is 9.90 Å². The minimum atomic E-state index is -1.78. The van der Waals surface area contributed by atoms with E-state index in [0.717, 1.165) is 12.8 Å². The van der Waals surface area contributed by atoms with Crippen molar-refractivity contribution in [3.63, 3.8) is 0 Å². The lowest BCUT2D eigenvalue weighted by Gasteiger charge is -2.23. The number of aliphatic hydroxyl groups is 1. The summed E-state index contributed by atoms with van der Waals surface area (Å²) in [6.07, 6.45) is 2.52. The smallest absolute Gasteiger partial charge is 0.340 e. The number of benzene rings is 1. The van der Waals surface area contributed by atoms with Gasteiger partial charge in [0.05, 0.1) is 0 Å². The molecule has 0 bridgehead atoms. The standard InChI is InChI=1S/C13H17ClO3/c14-10-6-2-5-9-13(17,12(15)16)11-7-3-1-4-8-11/h1,3-4,7-8,17H,2,5-6,9-10H2,(H,15,16)/t13-/m1/s1. The average Bonchev–Trinajstić information content (AvgIpc) is 2.35. The molecule has 0 radical (unpaired) electrons. The molecule has 1 atom stereocenters. The zero-order valence-electron chi connectivity index (χ0n) is 9.60. The van der Waals surface area contributed by atoms with E-state index < -0.39 is 11.6 Å². The summed E-state index contributed by atoms with van der Waals surface area (Å²) in [5, 5.41) is 19.4. The number of unbranched alkanes of at least 4 members (excludes halogenated alkanes) is 2. The minimum Gasteiger partial charge on any atom is -0.479 e. The summed E-state index contributed by atoms with van der Waals surface area (Å²) in [7, 11) is 0. The third kappa shape index (κ3) is 3.72. The maximum Gasteiger partial charge on any atom is 0.340 e. The SMILES string of the molecule is O=C(O)[C@@](O)(CCCCCCl)c1ccccc1. The molecule has 2 N–H and O–H groups in total. The first-order chi connectivity index (χ1) is 8.11. The molecule has 1 rings (SSSR count). The van der Waals surface area contributed by atoms with Gasteiger partial charge in [0.25, 0.3) is 0 Å². The lowest BCUT2D eigenvalue weighted by molar-refractivity contribution is -0.160. The molecule has 0 aliphatic carbocycles. The number of alkyl halides is 1. The Kier molecular flexibility index (Phi) is 5.45. The summed E-state index contributed by atoms with van der Waals surface area (Å²) < 4.78 is 0. The van der Waals surface area contributed by atoms with E-state index in [1.54, 1.807) is 30.3 Å². The Morgan fingerprint density at radius 1 is 1.18 bits per heavy atom. The first kappa shape index (κ1) is 14.0. The second-order valence-electron chi connectivity index (χ2n) is 4.03. The van der Waals surface area contributed by atoms with Gasteiger partial charge in [-0.15, -0.1) is 11.6 Å². The van der Waals surface area contributed by atoms with Gasteiger partial charge in [0.1, 0.15) is 0 Å². The van der Waals surface area contributed by atoms with E-state index in [4.69, 9.17) is 16.7 Å². The molecule has 1 aromatic rings. The van der Waals surface area contributed by atoms with Gasteiger partial charge in [0.15, 0.2) is 5.60 Å². The topological polar surface area (TPSA) is 57.5 Å². The summed E-state index contributed by atoms with van der Waals surface area (Å²) in [6.45, 7) is 0. The Morgan fingerprint density at radius 2 is 1.82 bits per heavy atom. The van der Waals surface area contributed by atoms with Gasteiger partial charge in [-0.05, 0) is 24.8 Å². The van der Waals surface area contributed by atoms with Crippen LogP contribution in [0.1, 0.15) is 31.2 Å².